The smallest absolute Gasteiger partial charge is 0.0472 e. The highest BCUT2D eigenvalue weighted by Crippen LogP contribution is 2.28. The molecule has 0 fully saturated rings. The molecule has 1 nitrogen and oxygen atoms in total. The largest absolute Gasteiger partial charge is 0.381 e. The molecule has 1 unspecified atom stereocenters. The van der Waals surface area contributed by atoms with E-state index in [1.807, 2.05) is 6.07 Å². The normalized spacial score (nSPS) is 12.7. The van der Waals surface area contributed by atoms with E-state index in [4.69, 9.17) is 4.74 Å². The van der Waals surface area contributed by atoms with Crippen molar-refractivity contribution in [2.24, 2.45) is 0 Å². The summed E-state index contributed by atoms with van der Waals surface area (Å²) in [5, 5.41) is 0.977. The summed E-state index contributed by atoms with van der Waals surface area (Å²) in [4.78, 5) is 0. The minimum atomic E-state index is 0.521. The third-order valence-corrected chi connectivity index (χ3v) is 3.99. The molecular weight excluding hydrogens is 332 g/mol. The first-order valence-corrected chi connectivity index (χ1v) is 7.59. The Morgan fingerprint density at radius 1 is 1.25 bits per heavy atom. The highest BCUT2D eigenvalue weighted by Gasteiger charge is 2.12. The first-order chi connectivity index (χ1) is 7.79. The summed E-state index contributed by atoms with van der Waals surface area (Å²) in [7, 11) is 0. The lowest BCUT2D eigenvalue weighted by molar-refractivity contribution is 0.129. The fourth-order valence-corrected chi connectivity index (χ4v) is 2.87. The maximum Gasteiger partial charge on any atom is 0.0472 e. The van der Waals surface area contributed by atoms with E-state index >= 15 is 0 Å². The van der Waals surface area contributed by atoms with E-state index < -0.39 is 0 Å². The maximum atomic E-state index is 5.54. The van der Waals surface area contributed by atoms with Crippen LogP contribution in [-0.4, -0.2) is 18.5 Å². The quantitative estimate of drug-likeness (QED) is 0.510. The van der Waals surface area contributed by atoms with Crippen LogP contribution in [0.2, 0.25) is 0 Å². The van der Waals surface area contributed by atoms with E-state index in [2.05, 4.69) is 57.0 Å². The summed E-state index contributed by atoms with van der Waals surface area (Å²) in [6, 6.07) is 8.41. The van der Waals surface area contributed by atoms with Crippen LogP contribution < -0.4 is 0 Å². The summed E-state index contributed by atoms with van der Waals surface area (Å²) in [5.41, 5.74) is 1.36. The van der Waals surface area contributed by atoms with Crippen molar-refractivity contribution in [1.29, 1.82) is 0 Å². The number of alkyl halides is 1. The van der Waals surface area contributed by atoms with Crippen LogP contribution in [0.25, 0.3) is 0 Å². The molecule has 3 heteroatoms. The summed E-state index contributed by atoms with van der Waals surface area (Å²) in [5.74, 6) is 0.521. The molecule has 0 aromatic heterocycles. The molecule has 1 aromatic carbocycles. The van der Waals surface area contributed by atoms with Gasteiger partial charge in [-0.1, -0.05) is 57.0 Å². The lowest BCUT2D eigenvalue weighted by atomic mass is 9.98. The highest BCUT2D eigenvalue weighted by molar-refractivity contribution is 9.10. The van der Waals surface area contributed by atoms with Gasteiger partial charge in [0, 0.05) is 23.0 Å². The summed E-state index contributed by atoms with van der Waals surface area (Å²) in [6.45, 7) is 3.84. The molecule has 0 radical (unpaired) electrons. The van der Waals surface area contributed by atoms with Crippen molar-refractivity contribution >= 4 is 31.9 Å². The molecule has 0 heterocycles. The van der Waals surface area contributed by atoms with Crippen LogP contribution in [0.3, 0.4) is 0 Å². The van der Waals surface area contributed by atoms with Gasteiger partial charge in [0.1, 0.15) is 0 Å². The van der Waals surface area contributed by atoms with E-state index in [1.54, 1.807) is 0 Å². The monoisotopic (exact) mass is 348 g/mol. The van der Waals surface area contributed by atoms with Crippen molar-refractivity contribution < 1.29 is 4.74 Å². The van der Waals surface area contributed by atoms with Crippen molar-refractivity contribution in [3.63, 3.8) is 0 Å². The Morgan fingerprint density at radius 2 is 2.00 bits per heavy atom. The summed E-state index contributed by atoms with van der Waals surface area (Å²) in [6.07, 6.45) is 2.15. The van der Waals surface area contributed by atoms with Gasteiger partial charge in [-0.15, -0.1) is 0 Å². The van der Waals surface area contributed by atoms with Crippen molar-refractivity contribution in [2.45, 2.75) is 25.7 Å². The minimum absolute atomic E-state index is 0.521. The Kier molecular flexibility index (Phi) is 7.33. The van der Waals surface area contributed by atoms with Crippen molar-refractivity contribution in [2.75, 3.05) is 18.5 Å². The average molecular weight is 350 g/mol. The second-order valence-electron chi connectivity index (χ2n) is 3.77. The molecule has 0 bridgehead atoms. The van der Waals surface area contributed by atoms with Gasteiger partial charge in [0.25, 0.3) is 0 Å². The van der Waals surface area contributed by atoms with Crippen molar-refractivity contribution in [3.8, 4) is 0 Å². The zero-order chi connectivity index (χ0) is 11.8. The van der Waals surface area contributed by atoms with Gasteiger partial charge in [0.15, 0.2) is 0 Å². The van der Waals surface area contributed by atoms with E-state index in [0.29, 0.717) is 5.92 Å². The second-order valence-corrected chi connectivity index (χ2v) is 5.28. The van der Waals surface area contributed by atoms with Crippen LogP contribution in [0.1, 0.15) is 31.2 Å². The van der Waals surface area contributed by atoms with Crippen molar-refractivity contribution in [1.82, 2.24) is 0 Å². The average Bonchev–Trinajstić information content (AvgIpc) is 2.31. The fourth-order valence-electron chi connectivity index (χ4n) is 1.59. The van der Waals surface area contributed by atoms with Gasteiger partial charge in [0.2, 0.25) is 0 Å². The Hall–Kier alpha value is 0.140. The second kappa shape index (κ2) is 8.26. The lowest BCUT2D eigenvalue weighted by Crippen LogP contribution is -2.06. The van der Waals surface area contributed by atoms with Crippen LogP contribution in [0.5, 0.6) is 0 Å². The Bertz CT molecular complexity index is 302. The Morgan fingerprint density at radius 3 is 2.62 bits per heavy atom. The first-order valence-electron chi connectivity index (χ1n) is 5.67. The van der Waals surface area contributed by atoms with Crippen LogP contribution >= 0.6 is 31.9 Å². The van der Waals surface area contributed by atoms with Gasteiger partial charge in [-0.3, -0.25) is 0 Å². The molecule has 1 aromatic rings. The molecule has 0 saturated carbocycles. The molecule has 0 N–H and O–H groups in total. The third kappa shape index (κ3) is 4.56. The zero-order valence-electron chi connectivity index (χ0n) is 9.59. The molecule has 1 rings (SSSR count). The van der Waals surface area contributed by atoms with E-state index in [0.717, 1.165) is 31.4 Å². The van der Waals surface area contributed by atoms with Gasteiger partial charge in [-0.05, 0) is 30.4 Å². The summed E-state index contributed by atoms with van der Waals surface area (Å²) < 4.78 is 6.73. The van der Waals surface area contributed by atoms with Gasteiger partial charge < -0.3 is 4.74 Å². The van der Waals surface area contributed by atoms with Crippen molar-refractivity contribution in [3.05, 3.63) is 34.3 Å². The number of rotatable bonds is 7. The van der Waals surface area contributed by atoms with Crippen LogP contribution in [0, 0.1) is 0 Å². The van der Waals surface area contributed by atoms with Gasteiger partial charge in [-0.2, -0.15) is 0 Å². The number of hydrogen-bond acceptors (Lipinski definition) is 1. The predicted octanol–water partition coefficient (Wildman–Crippen LogP) is 4.74. The lowest BCUT2D eigenvalue weighted by Gasteiger charge is -2.16. The number of ether oxygens (including phenoxy) is 1. The van der Waals surface area contributed by atoms with Crippen LogP contribution in [-0.2, 0) is 4.74 Å². The topological polar surface area (TPSA) is 9.23 Å². The maximum absolute atomic E-state index is 5.54. The molecule has 1 atom stereocenters. The standard InChI is InChI=1S/C13H18Br2O/c1-2-8-16-9-7-11(10-14)12-5-3-4-6-13(12)15/h3-6,11H,2,7-10H2,1H3. The number of halogens is 2. The minimum Gasteiger partial charge on any atom is -0.381 e. The molecule has 0 spiro atoms. The SMILES string of the molecule is CCCOCCC(CBr)c1ccccc1Br. The molecule has 0 saturated heterocycles. The van der Waals surface area contributed by atoms with Gasteiger partial charge in [0.05, 0.1) is 0 Å². The van der Waals surface area contributed by atoms with Crippen LogP contribution in [0.4, 0.5) is 0 Å². The fraction of sp³-hybridized carbons (Fsp3) is 0.538. The van der Waals surface area contributed by atoms with Gasteiger partial charge >= 0.3 is 0 Å². The molecule has 90 valence electrons. The Labute approximate surface area is 115 Å². The predicted molar refractivity (Wildman–Crippen MR) is 76.4 cm³/mol. The molecule has 0 aliphatic carbocycles. The third-order valence-electron chi connectivity index (χ3n) is 2.49. The van der Waals surface area contributed by atoms with E-state index in [-0.39, 0.29) is 0 Å². The summed E-state index contributed by atoms with van der Waals surface area (Å²) >= 11 is 7.18. The van der Waals surface area contributed by atoms with Gasteiger partial charge in [-0.25, -0.2) is 0 Å². The highest BCUT2D eigenvalue weighted by atomic mass is 79.9. The number of hydrogen-bond donors (Lipinski definition) is 0. The zero-order valence-corrected chi connectivity index (χ0v) is 12.8. The van der Waals surface area contributed by atoms with Crippen LogP contribution in [0.15, 0.2) is 28.7 Å². The first kappa shape index (κ1) is 14.2. The van der Waals surface area contributed by atoms with E-state index in [1.165, 1.54) is 10.0 Å². The molecule has 0 aliphatic rings. The molecular formula is C13H18Br2O. The Balaban J connectivity index is 2.51. The molecule has 0 amide bonds. The molecule has 16 heavy (non-hydrogen) atoms. The number of benzene rings is 1. The molecule has 0 aliphatic heterocycles. The van der Waals surface area contributed by atoms with E-state index in [9.17, 15) is 0 Å².